The second kappa shape index (κ2) is 8.70. The third-order valence-electron chi connectivity index (χ3n) is 6.29. The summed E-state index contributed by atoms with van der Waals surface area (Å²) >= 11 is 0. The molecule has 0 bridgehead atoms. The molecule has 10 nitrogen and oxygen atoms in total. The van der Waals surface area contributed by atoms with Crippen LogP contribution in [0.2, 0.25) is 0 Å². The summed E-state index contributed by atoms with van der Waals surface area (Å²) in [5.41, 5.74) is 6.25. The predicted octanol–water partition coefficient (Wildman–Crippen LogP) is 2.79. The summed E-state index contributed by atoms with van der Waals surface area (Å²) in [6.07, 6.45) is 3.94. The molecule has 3 N–H and O–H groups in total. The van der Waals surface area contributed by atoms with Crippen molar-refractivity contribution >= 4 is 28.8 Å². The van der Waals surface area contributed by atoms with Crippen LogP contribution in [0.4, 0.5) is 22.9 Å². The van der Waals surface area contributed by atoms with Crippen LogP contribution in [0.3, 0.4) is 0 Å². The maximum absolute atomic E-state index is 12.4. The smallest absolute Gasteiger partial charge is 0.273 e. The van der Waals surface area contributed by atoms with E-state index < -0.39 is 0 Å². The van der Waals surface area contributed by atoms with Gasteiger partial charge in [0.2, 0.25) is 0 Å². The molecule has 2 aromatic heterocycles. The highest BCUT2D eigenvalue weighted by molar-refractivity contribution is 6.00. The van der Waals surface area contributed by atoms with Crippen molar-refractivity contribution in [2.45, 2.75) is 25.4 Å². The number of aromatic nitrogens is 4. The zero-order valence-electron chi connectivity index (χ0n) is 19.1. The van der Waals surface area contributed by atoms with Crippen LogP contribution in [-0.4, -0.2) is 60.2 Å². The van der Waals surface area contributed by atoms with Crippen LogP contribution in [0.5, 0.6) is 0 Å². The van der Waals surface area contributed by atoms with Crippen molar-refractivity contribution in [1.29, 1.82) is 0 Å². The van der Waals surface area contributed by atoms with Crippen molar-refractivity contribution in [2.75, 3.05) is 49.9 Å². The van der Waals surface area contributed by atoms with E-state index >= 15 is 0 Å². The van der Waals surface area contributed by atoms with Crippen molar-refractivity contribution in [3.63, 3.8) is 0 Å². The lowest BCUT2D eigenvalue weighted by Crippen LogP contribution is -2.28. The molecule has 1 amide bonds. The predicted molar refractivity (Wildman–Crippen MR) is 127 cm³/mol. The number of carbonyl (C=O) groups is 1. The summed E-state index contributed by atoms with van der Waals surface area (Å²) in [4.78, 5) is 14.6. The Bertz CT molecular complexity index is 1190. The molecular weight excluding hydrogens is 420 g/mol. The van der Waals surface area contributed by atoms with Crippen molar-refractivity contribution in [3.8, 4) is 11.1 Å². The third kappa shape index (κ3) is 3.76. The average molecular weight is 449 g/mol. The van der Waals surface area contributed by atoms with Crippen LogP contribution in [0.1, 0.15) is 35.1 Å². The number of hydrogen-bond acceptors (Lipinski definition) is 8. The van der Waals surface area contributed by atoms with Gasteiger partial charge in [0.15, 0.2) is 11.5 Å². The lowest BCUT2D eigenvalue weighted by molar-refractivity contribution is 0.0654. The second-order valence-corrected chi connectivity index (χ2v) is 8.30. The minimum absolute atomic E-state index is 0.237. The first-order valence-corrected chi connectivity index (χ1v) is 11.1. The number of nitrogens with zero attached hydrogens (tertiary/aromatic N) is 5. The van der Waals surface area contributed by atoms with Crippen molar-refractivity contribution in [3.05, 3.63) is 41.9 Å². The molecule has 5 rings (SSSR count). The molecule has 2 aliphatic rings. The fourth-order valence-corrected chi connectivity index (χ4v) is 4.63. The molecule has 0 atom stereocenters. The first-order chi connectivity index (χ1) is 16.1. The first kappa shape index (κ1) is 21.2. The molecule has 0 saturated carbocycles. The van der Waals surface area contributed by atoms with E-state index in [0.29, 0.717) is 17.5 Å². The van der Waals surface area contributed by atoms with Crippen LogP contribution in [0.15, 0.2) is 30.5 Å². The molecule has 0 aliphatic carbocycles. The van der Waals surface area contributed by atoms with E-state index in [1.54, 1.807) is 20.2 Å². The fraction of sp³-hybridized carbons (Fsp3) is 0.391. The Morgan fingerprint density at radius 3 is 2.70 bits per heavy atom. The Balaban J connectivity index is 1.55. The van der Waals surface area contributed by atoms with E-state index in [4.69, 9.17) is 9.84 Å². The Hall–Kier alpha value is -3.66. The molecule has 33 heavy (non-hydrogen) atoms. The minimum atomic E-state index is -0.300. The highest BCUT2D eigenvalue weighted by Crippen LogP contribution is 2.44. The number of para-hydroxylation sites is 1. The molecule has 2 aliphatic heterocycles. The number of carbonyl (C=O) groups excluding carboxylic acids is 1. The van der Waals surface area contributed by atoms with E-state index in [9.17, 15) is 4.79 Å². The zero-order valence-corrected chi connectivity index (χ0v) is 19.1. The monoisotopic (exact) mass is 448 g/mol. The maximum atomic E-state index is 12.4. The van der Waals surface area contributed by atoms with Gasteiger partial charge in [0, 0.05) is 51.6 Å². The van der Waals surface area contributed by atoms with Crippen LogP contribution in [-0.2, 0) is 11.3 Å². The van der Waals surface area contributed by atoms with E-state index in [1.165, 1.54) is 5.69 Å². The quantitative estimate of drug-likeness (QED) is 0.547. The van der Waals surface area contributed by atoms with Gasteiger partial charge in [0.05, 0.1) is 41.5 Å². The van der Waals surface area contributed by atoms with Crippen LogP contribution >= 0.6 is 0 Å². The van der Waals surface area contributed by atoms with Crippen molar-refractivity contribution < 1.29 is 9.53 Å². The van der Waals surface area contributed by atoms with E-state index in [-0.39, 0.29) is 11.6 Å². The molecule has 10 heteroatoms. The largest absolute Gasteiger partial charge is 0.381 e. The van der Waals surface area contributed by atoms with Crippen LogP contribution in [0, 0.1) is 0 Å². The van der Waals surface area contributed by atoms with Gasteiger partial charge >= 0.3 is 0 Å². The van der Waals surface area contributed by atoms with Gasteiger partial charge in [-0.25, -0.2) is 0 Å². The van der Waals surface area contributed by atoms with Crippen LogP contribution < -0.4 is 20.9 Å². The minimum Gasteiger partial charge on any atom is -0.381 e. The van der Waals surface area contributed by atoms with Crippen LogP contribution in [0.25, 0.3) is 11.1 Å². The van der Waals surface area contributed by atoms with Gasteiger partial charge in [0.25, 0.3) is 5.91 Å². The fourth-order valence-electron chi connectivity index (χ4n) is 4.63. The zero-order chi connectivity index (χ0) is 22.9. The SMILES string of the molecule is CNC(=O)c1nnc(NC)cc1Nc1cccc2c1N(C)Cc1c-2cnn1C1CCOCC1. The number of anilines is 4. The molecule has 0 unspecified atom stereocenters. The Morgan fingerprint density at radius 2 is 1.94 bits per heavy atom. The molecule has 0 spiro atoms. The van der Waals surface area contributed by atoms with Crippen molar-refractivity contribution in [1.82, 2.24) is 25.3 Å². The molecule has 172 valence electrons. The number of hydrogen-bond donors (Lipinski definition) is 3. The summed E-state index contributed by atoms with van der Waals surface area (Å²) in [6.45, 7) is 2.31. The average Bonchev–Trinajstić information content (AvgIpc) is 3.28. The highest BCUT2D eigenvalue weighted by atomic mass is 16.5. The van der Waals surface area contributed by atoms with Gasteiger partial charge in [-0.3, -0.25) is 9.48 Å². The molecule has 1 saturated heterocycles. The molecule has 4 heterocycles. The number of benzene rings is 1. The lowest BCUT2D eigenvalue weighted by Gasteiger charge is -2.32. The molecule has 3 aromatic rings. The molecule has 1 aromatic carbocycles. The Kier molecular flexibility index (Phi) is 5.59. The molecule has 0 radical (unpaired) electrons. The summed E-state index contributed by atoms with van der Waals surface area (Å²) in [5.74, 6) is 0.272. The molecular formula is C23H28N8O2. The lowest BCUT2D eigenvalue weighted by atomic mass is 9.97. The van der Waals surface area contributed by atoms with E-state index in [1.807, 2.05) is 18.3 Å². The normalized spacial score (nSPS) is 15.5. The van der Waals surface area contributed by atoms with E-state index in [0.717, 1.165) is 55.1 Å². The summed E-state index contributed by atoms with van der Waals surface area (Å²) in [7, 11) is 5.43. The van der Waals surface area contributed by atoms with Gasteiger partial charge in [-0.15, -0.1) is 10.2 Å². The van der Waals surface area contributed by atoms with E-state index in [2.05, 4.69) is 48.8 Å². The Labute approximate surface area is 192 Å². The van der Waals surface area contributed by atoms with Gasteiger partial charge in [-0.2, -0.15) is 5.10 Å². The topological polar surface area (TPSA) is 109 Å². The summed E-state index contributed by atoms with van der Waals surface area (Å²) in [5, 5.41) is 22.0. The van der Waals surface area contributed by atoms with Crippen molar-refractivity contribution in [2.24, 2.45) is 0 Å². The second-order valence-electron chi connectivity index (χ2n) is 8.30. The van der Waals surface area contributed by atoms with Gasteiger partial charge < -0.3 is 25.6 Å². The number of nitrogens with one attached hydrogen (secondary N) is 3. The number of rotatable bonds is 5. The van der Waals surface area contributed by atoms with Gasteiger partial charge in [-0.1, -0.05) is 12.1 Å². The number of ether oxygens (including phenoxy) is 1. The summed E-state index contributed by atoms with van der Waals surface area (Å²) < 4.78 is 7.73. The third-order valence-corrected chi connectivity index (χ3v) is 6.29. The standard InChI is InChI=1S/C23H28N8O2/c1-24-20-11-18(21(29-28-20)23(32)25-2)27-17-6-4-5-15-16-12-26-31(14-7-9-33-10-8-14)19(16)13-30(3)22(15)17/h4-6,11-12,14H,7-10,13H2,1-3H3,(H,25,32)(H2,24,27,28). The van der Waals surface area contributed by atoms with Gasteiger partial charge in [-0.05, 0) is 18.9 Å². The first-order valence-electron chi connectivity index (χ1n) is 11.1. The molecule has 1 fully saturated rings. The maximum Gasteiger partial charge on any atom is 0.273 e. The number of fused-ring (bicyclic) bond motifs is 3. The highest BCUT2D eigenvalue weighted by Gasteiger charge is 2.29. The van der Waals surface area contributed by atoms with Gasteiger partial charge in [0.1, 0.15) is 0 Å². The summed E-state index contributed by atoms with van der Waals surface area (Å²) in [6, 6.07) is 8.30. The number of amides is 1. The Morgan fingerprint density at radius 1 is 1.12 bits per heavy atom.